The fraction of sp³-hybridized carbons (Fsp3) is 0.600. The van der Waals surface area contributed by atoms with Crippen molar-refractivity contribution >= 4 is 17.4 Å². The zero-order valence-electron chi connectivity index (χ0n) is 11.0. The molecule has 2 unspecified atom stereocenters. The van der Waals surface area contributed by atoms with E-state index in [1.54, 1.807) is 12.1 Å². The third kappa shape index (κ3) is 4.20. The first-order chi connectivity index (χ1) is 8.75. The molecule has 1 nitrogen and oxygen atoms in total. The summed E-state index contributed by atoms with van der Waals surface area (Å²) in [6, 6.07) is 6.88. The molecular weight excluding hydrogens is 245 g/mol. The SMILES string of the molecule is CC1CCCC(SCCNc2ccccc2F)C1. The summed E-state index contributed by atoms with van der Waals surface area (Å²) in [5.41, 5.74) is 0.620. The Balaban J connectivity index is 1.65. The molecule has 3 heteroatoms. The molecule has 1 aromatic carbocycles. The topological polar surface area (TPSA) is 12.0 Å². The minimum atomic E-state index is -0.159. The molecule has 0 saturated heterocycles. The minimum absolute atomic E-state index is 0.159. The predicted molar refractivity (Wildman–Crippen MR) is 78.8 cm³/mol. The number of halogens is 1. The number of hydrogen-bond acceptors (Lipinski definition) is 2. The second-order valence-corrected chi connectivity index (χ2v) is 6.58. The molecule has 1 saturated carbocycles. The Morgan fingerprint density at radius 2 is 2.17 bits per heavy atom. The number of nitrogens with one attached hydrogen (secondary N) is 1. The molecule has 1 aromatic rings. The summed E-state index contributed by atoms with van der Waals surface area (Å²) in [5.74, 6) is 1.79. The Labute approximate surface area is 114 Å². The first kappa shape index (κ1) is 13.7. The van der Waals surface area contributed by atoms with Crippen molar-refractivity contribution in [2.45, 2.75) is 37.9 Å². The van der Waals surface area contributed by atoms with Crippen molar-refractivity contribution in [2.24, 2.45) is 5.92 Å². The lowest BCUT2D eigenvalue weighted by Crippen LogP contribution is -2.17. The van der Waals surface area contributed by atoms with Gasteiger partial charge in [-0.25, -0.2) is 4.39 Å². The van der Waals surface area contributed by atoms with Crippen LogP contribution < -0.4 is 5.32 Å². The average molecular weight is 267 g/mol. The summed E-state index contributed by atoms with van der Waals surface area (Å²) in [5, 5.41) is 3.98. The highest BCUT2D eigenvalue weighted by Crippen LogP contribution is 2.31. The second-order valence-electron chi connectivity index (χ2n) is 5.17. The van der Waals surface area contributed by atoms with Gasteiger partial charge in [-0.15, -0.1) is 0 Å². The predicted octanol–water partition coefficient (Wildman–Crippen LogP) is 4.55. The number of hydrogen-bond donors (Lipinski definition) is 1. The second kappa shape index (κ2) is 7.03. The van der Waals surface area contributed by atoms with Gasteiger partial charge in [0, 0.05) is 17.5 Å². The monoisotopic (exact) mass is 267 g/mol. The molecule has 0 radical (unpaired) electrons. The van der Waals surface area contributed by atoms with Crippen molar-refractivity contribution in [3.8, 4) is 0 Å². The number of benzene rings is 1. The summed E-state index contributed by atoms with van der Waals surface area (Å²) in [7, 11) is 0. The fourth-order valence-electron chi connectivity index (χ4n) is 2.55. The highest BCUT2D eigenvalue weighted by molar-refractivity contribution is 7.99. The smallest absolute Gasteiger partial charge is 0.146 e. The Hall–Kier alpha value is -0.700. The molecule has 0 amide bonds. The Morgan fingerprint density at radius 1 is 1.33 bits per heavy atom. The van der Waals surface area contributed by atoms with E-state index in [1.165, 1.54) is 31.7 Å². The maximum atomic E-state index is 13.4. The van der Waals surface area contributed by atoms with Crippen molar-refractivity contribution in [2.75, 3.05) is 17.6 Å². The highest BCUT2D eigenvalue weighted by atomic mass is 32.2. The van der Waals surface area contributed by atoms with E-state index in [0.29, 0.717) is 5.69 Å². The van der Waals surface area contributed by atoms with Crippen molar-refractivity contribution < 1.29 is 4.39 Å². The third-order valence-corrected chi connectivity index (χ3v) is 4.87. The average Bonchev–Trinajstić information content (AvgIpc) is 2.37. The molecule has 0 spiro atoms. The molecule has 18 heavy (non-hydrogen) atoms. The zero-order valence-corrected chi connectivity index (χ0v) is 11.8. The number of rotatable bonds is 5. The van der Waals surface area contributed by atoms with E-state index in [-0.39, 0.29) is 5.82 Å². The molecule has 100 valence electrons. The van der Waals surface area contributed by atoms with Gasteiger partial charge in [-0.2, -0.15) is 11.8 Å². The van der Waals surface area contributed by atoms with Crippen LogP contribution in [0.15, 0.2) is 24.3 Å². The van der Waals surface area contributed by atoms with Crippen LogP contribution in [0.4, 0.5) is 10.1 Å². The molecule has 1 aliphatic carbocycles. The summed E-state index contributed by atoms with van der Waals surface area (Å²) >= 11 is 2.04. The van der Waals surface area contributed by atoms with Crippen LogP contribution in [-0.2, 0) is 0 Å². The minimum Gasteiger partial charge on any atom is -0.382 e. The first-order valence-corrected chi connectivity index (χ1v) is 7.90. The van der Waals surface area contributed by atoms with Gasteiger partial charge in [-0.3, -0.25) is 0 Å². The third-order valence-electron chi connectivity index (χ3n) is 3.53. The molecule has 1 N–H and O–H groups in total. The van der Waals surface area contributed by atoms with Gasteiger partial charge >= 0.3 is 0 Å². The van der Waals surface area contributed by atoms with Crippen molar-refractivity contribution in [3.63, 3.8) is 0 Å². The molecular formula is C15H22FNS. The summed E-state index contributed by atoms with van der Waals surface area (Å²) in [6.07, 6.45) is 5.48. The zero-order chi connectivity index (χ0) is 12.8. The standard InChI is InChI=1S/C15H22FNS/c1-12-5-4-6-13(11-12)18-10-9-17-15-8-3-2-7-14(15)16/h2-3,7-8,12-13,17H,4-6,9-11H2,1H3. The highest BCUT2D eigenvalue weighted by Gasteiger charge is 2.18. The van der Waals surface area contributed by atoms with Crippen LogP contribution in [0.3, 0.4) is 0 Å². The van der Waals surface area contributed by atoms with Gasteiger partial charge in [0.2, 0.25) is 0 Å². The van der Waals surface area contributed by atoms with E-state index < -0.39 is 0 Å². The summed E-state index contributed by atoms with van der Waals surface area (Å²) in [4.78, 5) is 0. The van der Waals surface area contributed by atoms with Crippen LogP contribution in [-0.4, -0.2) is 17.5 Å². The van der Waals surface area contributed by atoms with Crippen LogP contribution in [0, 0.1) is 11.7 Å². The molecule has 1 aliphatic rings. The molecule has 2 atom stereocenters. The van der Waals surface area contributed by atoms with Crippen molar-refractivity contribution in [1.82, 2.24) is 0 Å². The van der Waals surface area contributed by atoms with E-state index in [4.69, 9.17) is 0 Å². The molecule has 0 aliphatic heterocycles. The van der Waals surface area contributed by atoms with E-state index in [9.17, 15) is 4.39 Å². The van der Waals surface area contributed by atoms with E-state index in [2.05, 4.69) is 12.2 Å². The number of anilines is 1. The van der Waals surface area contributed by atoms with Gasteiger partial charge in [0.25, 0.3) is 0 Å². The van der Waals surface area contributed by atoms with Gasteiger partial charge < -0.3 is 5.32 Å². The van der Waals surface area contributed by atoms with Gasteiger partial charge in [-0.1, -0.05) is 31.9 Å². The lowest BCUT2D eigenvalue weighted by molar-refractivity contribution is 0.394. The van der Waals surface area contributed by atoms with Crippen LogP contribution in [0.25, 0.3) is 0 Å². The van der Waals surface area contributed by atoms with Crippen LogP contribution >= 0.6 is 11.8 Å². The lowest BCUT2D eigenvalue weighted by atomic mass is 9.91. The maximum Gasteiger partial charge on any atom is 0.146 e. The van der Waals surface area contributed by atoms with Crippen molar-refractivity contribution in [1.29, 1.82) is 0 Å². The van der Waals surface area contributed by atoms with Gasteiger partial charge in [0.1, 0.15) is 5.82 Å². The Bertz CT molecular complexity index is 369. The van der Waals surface area contributed by atoms with E-state index >= 15 is 0 Å². The number of thioether (sulfide) groups is 1. The van der Waals surface area contributed by atoms with E-state index in [0.717, 1.165) is 23.5 Å². The van der Waals surface area contributed by atoms with Crippen molar-refractivity contribution in [3.05, 3.63) is 30.1 Å². The number of para-hydroxylation sites is 1. The maximum absolute atomic E-state index is 13.4. The Morgan fingerprint density at radius 3 is 2.94 bits per heavy atom. The molecule has 0 heterocycles. The van der Waals surface area contributed by atoms with Crippen LogP contribution in [0.5, 0.6) is 0 Å². The lowest BCUT2D eigenvalue weighted by Gasteiger charge is -2.26. The summed E-state index contributed by atoms with van der Waals surface area (Å²) in [6.45, 7) is 3.20. The normalized spacial score (nSPS) is 23.9. The van der Waals surface area contributed by atoms with E-state index in [1.807, 2.05) is 17.8 Å². The summed E-state index contributed by atoms with van der Waals surface area (Å²) < 4.78 is 13.4. The van der Waals surface area contributed by atoms with Gasteiger partial charge in [0.15, 0.2) is 0 Å². The quantitative estimate of drug-likeness (QED) is 0.785. The van der Waals surface area contributed by atoms with Gasteiger partial charge in [0.05, 0.1) is 5.69 Å². The van der Waals surface area contributed by atoms with Crippen LogP contribution in [0.1, 0.15) is 32.6 Å². The molecule has 0 bridgehead atoms. The van der Waals surface area contributed by atoms with Gasteiger partial charge in [-0.05, 0) is 30.9 Å². The largest absolute Gasteiger partial charge is 0.382 e. The molecule has 0 aromatic heterocycles. The Kier molecular flexibility index (Phi) is 5.36. The van der Waals surface area contributed by atoms with Crippen LogP contribution in [0.2, 0.25) is 0 Å². The fourth-order valence-corrected chi connectivity index (χ4v) is 3.90. The first-order valence-electron chi connectivity index (χ1n) is 6.85. The molecule has 2 rings (SSSR count). The molecule has 1 fully saturated rings.